The van der Waals surface area contributed by atoms with E-state index in [9.17, 15) is 0 Å². The van der Waals surface area contributed by atoms with E-state index in [-0.39, 0.29) is 10.8 Å². The Morgan fingerprint density at radius 2 is 1.47 bits per heavy atom. The Balaban J connectivity index is 1.40. The molecule has 4 nitrogen and oxygen atoms in total. The molecule has 3 aromatic heterocycles. The third kappa shape index (κ3) is 2.48. The van der Waals surface area contributed by atoms with Gasteiger partial charge >= 0.3 is 0 Å². The summed E-state index contributed by atoms with van der Waals surface area (Å²) in [6.45, 7) is 7.28. The number of aromatic nitrogens is 4. The number of hydrogen-bond acceptors (Lipinski definition) is 3. The summed E-state index contributed by atoms with van der Waals surface area (Å²) in [4.78, 5) is 10.5. The maximum absolute atomic E-state index is 5.51. The van der Waals surface area contributed by atoms with Crippen molar-refractivity contribution in [3.05, 3.63) is 102 Å². The lowest BCUT2D eigenvalue weighted by Crippen LogP contribution is -2.74. The van der Waals surface area contributed by atoms with Crippen molar-refractivity contribution in [3.63, 3.8) is 0 Å². The number of nitrogens with zero attached hydrogens (tertiary/aromatic N) is 3. The average molecular weight is 511 g/mol. The third-order valence-corrected chi connectivity index (χ3v) is 14.9. The van der Waals surface area contributed by atoms with E-state index in [2.05, 4.69) is 105 Å². The van der Waals surface area contributed by atoms with Gasteiger partial charge in [-0.2, -0.15) is 5.10 Å². The number of hydrogen-bond donors (Lipinski definition) is 1. The van der Waals surface area contributed by atoms with E-state index in [0.717, 1.165) is 22.0 Å². The number of fused-ring (bicyclic) bond motifs is 8. The molecule has 4 heterocycles. The van der Waals surface area contributed by atoms with Crippen LogP contribution >= 0.6 is 0 Å². The topological polar surface area (TPSA) is 54.5 Å². The number of rotatable bonds is 3. The third-order valence-electron chi connectivity index (χ3n) is 10.3. The molecule has 2 atom stereocenters. The van der Waals surface area contributed by atoms with Crippen LogP contribution in [0.25, 0.3) is 22.5 Å². The summed E-state index contributed by atoms with van der Waals surface area (Å²) in [5.74, 6) is 0.511. The van der Waals surface area contributed by atoms with Crippen LogP contribution in [0.1, 0.15) is 50.8 Å². The molecule has 2 aliphatic carbocycles. The van der Waals surface area contributed by atoms with Gasteiger partial charge in [-0.1, -0.05) is 81.4 Å². The Morgan fingerprint density at radius 1 is 0.789 bits per heavy atom. The van der Waals surface area contributed by atoms with E-state index in [1.807, 2.05) is 12.3 Å². The molecule has 0 radical (unpaired) electrons. The standard InChI is InChI=1S/C33H30N4Si/c1-32(2)23-18-19-33(32,3)31-29(23)30(36-37-31)24-13-10-17-28(35-24)38(27-16-8-9-20-34-27)25-14-6-4-11-21(25)22-12-5-7-15-26(22)38/h4-17,20,23H,18-19H2,1-3H3,(H,36,37). The van der Waals surface area contributed by atoms with Gasteiger partial charge in [-0.15, -0.1) is 0 Å². The Hall–Kier alpha value is -3.83. The fraction of sp³-hybridized carbons (Fsp3) is 0.242. The smallest absolute Gasteiger partial charge is 0.224 e. The van der Waals surface area contributed by atoms with E-state index < -0.39 is 8.07 Å². The monoisotopic (exact) mass is 510 g/mol. The second kappa shape index (κ2) is 7.39. The predicted octanol–water partition coefficient (Wildman–Crippen LogP) is 4.40. The van der Waals surface area contributed by atoms with Gasteiger partial charge in [0.1, 0.15) is 5.69 Å². The summed E-state index contributed by atoms with van der Waals surface area (Å²) in [6.07, 6.45) is 4.36. The van der Waals surface area contributed by atoms with E-state index in [1.54, 1.807) is 0 Å². The summed E-state index contributed by atoms with van der Waals surface area (Å²) in [6, 6.07) is 30.6. The minimum Gasteiger partial charge on any atom is -0.281 e. The highest BCUT2D eigenvalue weighted by atomic mass is 28.3. The summed E-state index contributed by atoms with van der Waals surface area (Å²) in [5.41, 5.74) is 7.70. The van der Waals surface area contributed by atoms with Crippen molar-refractivity contribution in [2.75, 3.05) is 0 Å². The lowest BCUT2D eigenvalue weighted by molar-refractivity contribution is 0.225. The first kappa shape index (κ1) is 22.2. The van der Waals surface area contributed by atoms with Crippen molar-refractivity contribution < 1.29 is 0 Å². The average Bonchev–Trinajstić information content (AvgIpc) is 3.63. The quantitative estimate of drug-likeness (QED) is 0.359. The van der Waals surface area contributed by atoms with Crippen molar-refractivity contribution in [2.45, 2.75) is 44.9 Å². The van der Waals surface area contributed by atoms with Gasteiger partial charge in [0.25, 0.3) is 0 Å². The second-order valence-electron chi connectivity index (χ2n) is 12.0. The Morgan fingerprint density at radius 3 is 2.18 bits per heavy atom. The molecule has 2 bridgehead atoms. The van der Waals surface area contributed by atoms with Crippen molar-refractivity contribution in [3.8, 4) is 22.5 Å². The molecule has 2 aromatic carbocycles. The Bertz CT molecular complexity index is 1690. The van der Waals surface area contributed by atoms with E-state index in [1.165, 1.54) is 45.6 Å². The maximum Gasteiger partial charge on any atom is 0.224 e. The van der Waals surface area contributed by atoms with E-state index >= 15 is 0 Å². The molecule has 38 heavy (non-hydrogen) atoms. The Labute approximate surface area is 224 Å². The van der Waals surface area contributed by atoms with Crippen LogP contribution in [0.4, 0.5) is 0 Å². The molecule has 1 N–H and O–H groups in total. The number of benzene rings is 2. The highest BCUT2D eigenvalue weighted by Gasteiger charge is 2.61. The molecular formula is C33H30N4Si. The first-order chi connectivity index (χ1) is 18.5. The highest BCUT2D eigenvalue weighted by Crippen LogP contribution is 2.68. The van der Waals surface area contributed by atoms with Gasteiger partial charge in [0.15, 0.2) is 0 Å². The van der Waals surface area contributed by atoms with Crippen LogP contribution in [0.3, 0.4) is 0 Å². The van der Waals surface area contributed by atoms with Crippen LogP contribution in [0, 0.1) is 5.41 Å². The number of pyridine rings is 2. The molecule has 5 heteroatoms. The molecule has 186 valence electrons. The van der Waals surface area contributed by atoms with Crippen molar-refractivity contribution in [1.29, 1.82) is 0 Å². The summed E-state index contributed by atoms with van der Waals surface area (Å²) in [5, 5.41) is 13.4. The molecular weight excluding hydrogens is 480 g/mol. The van der Waals surface area contributed by atoms with Gasteiger partial charge in [-0.25, -0.2) is 0 Å². The van der Waals surface area contributed by atoms with E-state index in [4.69, 9.17) is 15.1 Å². The molecule has 1 saturated carbocycles. The maximum atomic E-state index is 5.51. The summed E-state index contributed by atoms with van der Waals surface area (Å²) < 4.78 is 0. The first-order valence-electron chi connectivity index (χ1n) is 13.7. The van der Waals surface area contributed by atoms with Gasteiger partial charge in [0.05, 0.1) is 5.69 Å². The number of nitrogens with one attached hydrogen (secondary N) is 1. The van der Waals surface area contributed by atoms with Crippen molar-refractivity contribution in [1.82, 2.24) is 20.2 Å². The van der Waals surface area contributed by atoms with E-state index in [0.29, 0.717) is 5.92 Å². The predicted molar refractivity (Wildman–Crippen MR) is 155 cm³/mol. The highest BCUT2D eigenvalue weighted by molar-refractivity contribution is 7.21. The normalized spacial score (nSPS) is 23.2. The zero-order valence-electron chi connectivity index (χ0n) is 22.0. The molecule has 2 unspecified atom stereocenters. The second-order valence-corrected chi connectivity index (χ2v) is 15.6. The lowest BCUT2D eigenvalue weighted by atomic mass is 9.70. The fourth-order valence-corrected chi connectivity index (χ4v) is 12.9. The zero-order valence-corrected chi connectivity index (χ0v) is 23.0. The van der Waals surface area contributed by atoms with Crippen molar-refractivity contribution >= 4 is 29.1 Å². The molecule has 3 aliphatic rings. The molecule has 1 fully saturated rings. The van der Waals surface area contributed by atoms with Gasteiger partial charge in [0, 0.05) is 33.5 Å². The van der Waals surface area contributed by atoms with Crippen molar-refractivity contribution in [2.24, 2.45) is 5.41 Å². The van der Waals surface area contributed by atoms with Crippen LogP contribution in [0.2, 0.25) is 0 Å². The van der Waals surface area contributed by atoms with Crippen LogP contribution in [0.15, 0.2) is 91.1 Å². The van der Waals surface area contributed by atoms with Crippen LogP contribution < -0.4 is 21.0 Å². The van der Waals surface area contributed by atoms with Gasteiger partial charge in [0.2, 0.25) is 8.07 Å². The van der Waals surface area contributed by atoms with Crippen LogP contribution in [-0.2, 0) is 5.41 Å². The first-order valence-corrected chi connectivity index (χ1v) is 15.7. The van der Waals surface area contributed by atoms with Gasteiger partial charge in [-0.05, 0) is 69.9 Å². The van der Waals surface area contributed by atoms with Crippen LogP contribution in [0.5, 0.6) is 0 Å². The largest absolute Gasteiger partial charge is 0.281 e. The number of aromatic amines is 1. The SMILES string of the molecule is CC12CCC(c3c(-c4cccc([Si]5(c6ccccn6)c6ccccc6-c6ccccc65)n4)n[nH]c31)C2(C)C. The molecule has 0 saturated heterocycles. The summed E-state index contributed by atoms with van der Waals surface area (Å²) >= 11 is 0. The Kier molecular flexibility index (Phi) is 4.31. The molecule has 8 rings (SSSR count). The van der Waals surface area contributed by atoms with Gasteiger partial charge < -0.3 is 0 Å². The van der Waals surface area contributed by atoms with Gasteiger partial charge in [-0.3, -0.25) is 15.1 Å². The minimum atomic E-state index is -2.72. The molecule has 0 spiro atoms. The summed E-state index contributed by atoms with van der Waals surface area (Å²) in [7, 11) is -2.72. The molecule has 0 amide bonds. The fourth-order valence-electron chi connectivity index (χ4n) is 8.04. The minimum absolute atomic E-state index is 0.142. The lowest BCUT2D eigenvalue weighted by Gasteiger charge is -2.34. The number of H-pyrrole nitrogens is 1. The zero-order chi connectivity index (χ0) is 25.7. The van der Waals surface area contributed by atoms with Crippen LogP contribution in [-0.4, -0.2) is 28.2 Å². The molecule has 1 aliphatic heterocycles. The molecule has 5 aromatic rings.